The van der Waals surface area contributed by atoms with Gasteiger partial charge >= 0.3 is 0 Å². The number of imidazole rings is 1. The Bertz CT molecular complexity index is 1150. The molecule has 5 rings (SSSR count). The highest BCUT2D eigenvalue weighted by molar-refractivity contribution is 5.83. The van der Waals surface area contributed by atoms with E-state index < -0.39 is 0 Å². The fourth-order valence-electron chi connectivity index (χ4n) is 4.01. The quantitative estimate of drug-likeness (QED) is 0.494. The Morgan fingerprint density at radius 2 is 2.14 bits per heavy atom. The average molecular weight is 392 g/mol. The molecule has 1 unspecified atom stereocenters. The van der Waals surface area contributed by atoms with Crippen LogP contribution in [0.25, 0.3) is 28.1 Å². The number of fused-ring (bicyclic) bond motifs is 2. The first-order valence-electron chi connectivity index (χ1n) is 9.97. The third kappa shape index (κ3) is 3.42. The van der Waals surface area contributed by atoms with Gasteiger partial charge in [0.1, 0.15) is 17.0 Å². The summed E-state index contributed by atoms with van der Waals surface area (Å²) in [6.45, 7) is 1.83. The Morgan fingerprint density at radius 1 is 1.21 bits per heavy atom. The van der Waals surface area contributed by atoms with E-state index in [1.54, 1.807) is 17.8 Å². The molecule has 0 bridgehead atoms. The van der Waals surface area contributed by atoms with Gasteiger partial charge in [0, 0.05) is 23.6 Å². The molecule has 0 amide bonds. The number of methoxy groups -OCH3 is 1. The van der Waals surface area contributed by atoms with Gasteiger partial charge < -0.3 is 18.8 Å². The van der Waals surface area contributed by atoms with Crippen LogP contribution in [-0.4, -0.2) is 52.8 Å². The number of furan rings is 1. The molecule has 0 saturated carbocycles. The second kappa shape index (κ2) is 7.40. The van der Waals surface area contributed by atoms with Crippen LogP contribution in [0.1, 0.15) is 19.3 Å². The molecule has 4 heterocycles. The summed E-state index contributed by atoms with van der Waals surface area (Å²) < 4.78 is 19.0. The molecular weight excluding hydrogens is 368 g/mol. The molecule has 0 radical (unpaired) electrons. The second-order valence-corrected chi connectivity index (χ2v) is 7.51. The molecule has 1 saturated heterocycles. The molecule has 0 spiro atoms. The first kappa shape index (κ1) is 18.0. The molecule has 150 valence electrons. The fraction of sp³-hybridized carbons (Fsp3) is 0.364. The van der Waals surface area contributed by atoms with Crippen LogP contribution in [0, 0.1) is 0 Å². The van der Waals surface area contributed by atoms with E-state index in [9.17, 15) is 0 Å². The van der Waals surface area contributed by atoms with E-state index in [4.69, 9.17) is 13.9 Å². The van der Waals surface area contributed by atoms with Crippen molar-refractivity contribution in [1.82, 2.24) is 19.5 Å². The summed E-state index contributed by atoms with van der Waals surface area (Å²) in [5.41, 5.74) is 2.31. The number of hydrogen-bond acceptors (Lipinski definition) is 6. The van der Waals surface area contributed by atoms with Crippen molar-refractivity contribution in [2.45, 2.75) is 25.3 Å². The van der Waals surface area contributed by atoms with Gasteiger partial charge in [-0.15, -0.1) is 5.10 Å². The van der Waals surface area contributed by atoms with Crippen LogP contribution >= 0.6 is 0 Å². The number of ether oxygens (including phenoxy) is 2. The number of rotatable bonds is 6. The first-order chi connectivity index (χ1) is 14.2. The standard InChI is InChI=1S/C22H24N4O3/c1-25-10-3-4-16(25)9-11-28-22-8-7-21-23-14-18(26(21)24-22)20-12-15-5-6-17(27-2)13-19(15)29-20/h5-8,12-14,16H,3-4,9-11H2,1-2H3. The molecule has 7 heteroatoms. The zero-order valence-corrected chi connectivity index (χ0v) is 16.7. The van der Waals surface area contributed by atoms with Crippen LogP contribution in [0.3, 0.4) is 0 Å². The maximum Gasteiger partial charge on any atom is 0.231 e. The van der Waals surface area contributed by atoms with Crippen molar-refractivity contribution < 1.29 is 13.9 Å². The minimum absolute atomic E-state index is 0.593. The van der Waals surface area contributed by atoms with Crippen LogP contribution in [0.4, 0.5) is 0 Å². The SMILES string of the molecule is COc1ccc2cc(-c3cnc4ccc(OCCC5CCCN5C)nn34)oc2c1. The number of benzene rings is 1. The highest BCUT2D eigenvalue weighted by atomic mass is 16.5. The summed E-state index contributed by atoms with van der Waals surface area (Å²) in [6, 6.07) is 12.2. The summed E-state index contributed by atoms with van der Waals surface area (Å²) in [5, 5.41) is 5.64. The summed E-state index contributed by atoms with van der Waals surface area (Å²) in [5.74, 6) is 2.06. The van der Waals surface area contributed by atoms with E-state index in [2.05, 4.69) is 22.0 Å². The Morgan fingerprint density at radius 3 is 2.97 bits per heavy atom. The van der Waals surface area contributed by atoms with Crippen molar-refractivity contribution in [1.29, 1.82) is 0 Å². The normalized spacial score (nSPS) is 17.4. The number of aromatic nitrogens is 3. The zero-order chi connectivity index (χ0) is 19.8. The second-order valence-electron chi connectivity index (χ2n) is 7.51. The highest BCUT2D eigenvalue weighted by Crippen LogP contribution is 2.30. The van der Waals surface area contributed by atoms with Gasteiger partial charge in [0.15, 0.2) is 11.4 Å². The molecule has 1 aliphatic rings. The van der Waals surface area contributed by atoms with Gasteiger partial charge in [0.25, 0.3) is 0 Å². The molecule has 1 atom stereocenters. The molecule has 1 aliphatic heterocycles. The lowest BCUT2D eigenvalue weighted by molar-refractivity contribution is 0.227. The summed E-state index contributed by atoms with van der Waals surface area (Å²) in [6.07, 6.45) is 5.30. The van der Waals surface area contributed by atoms with Crippen LogP contribution in [0.15, 0.2) is 47.0 Å². The Labute approximate surface area is 168 Å². The number of nitrogens with zero attached hydrogens (tertiary/aromatic N) is 4. The fourth-order valence-corrected chi connectivity index (χ4v) is 4.01. The van der Waals surface area contributed by atoms with E-state index in [1.807, 2.05) is 36.4 Å². The molecule has 1 fully saturated rings. The minimum Gasteiger partial charge on any atom is -0.497 e. The van der Waals surface area contributed by atoms with E-state index in [1.165, 1.54) is 19.4 Å². The lowest BCUT2D eigenvalue weighted by atomic mass is 10.1. The van der Waals surface area contributed by atoms with Gasteiger partial charge in [-0.25, -0.2) is 9.50 Å². The lowest BCUT2D eigenvalue weighted by Crippen LogP contribution is -2.26. The smallest absolute Gasteiger partial charge is 0.231 e. The van der Waals surface area contributed by atoms with E-state index >= 15 is 0 Å². The maximum atomic E-state index is 6.04. The molecule has 0 aliphatic carbocycles. The topological polar surface area (TPSA) is 65.0 Å². The molecule has 4 aromatic rings. The zero-order valence-electron chi connectivity index (χ0n) is 16.7. The predicted molar refractivity (Wildman–Crippen MR) is 111 cm³/mol. The predicted octanol–water partition coefficient (Wildman–Crippen LogP) is 4.01. The molecule has 1 aromatic carbocycles. The van der Waals surface area contributed by atoms with Gasteiger partial charge in [-0.3, -0.25) is 0 Å². The van der Waals surface area contributed by atoms with Gasteiger partial charge in [-0.05, 0) is 57.1 Å². The summed E-state index contributed by atoms with van der Waals surface area (Å²) in [7, 11) is 3.83. The number of hydrogen-bond donors (Lipinski definition) is 0. The molecule has 7 nitrogen and oxygen atoms in total. The lowest BCUT2D eigenvalue weighted by Gasteiger charge is -2.18. The Balaban J connectivity index is 1.39. The van der Waals surface area contributed by atoms with Crippen LogP contribution in [-0.2, 0) is 0 Å². The van der Waals surface area contributed by atoms with E-state index in [-0.39, 0.29) is 0 Å². The first-order valence-corrected chi connectivity index (χ1v) is 9.97. The molecule has 3 aromatic heterocycles. The number of likely N-dealkylation sites (tertiary alicyclic amines) is 1. The van der Waals surface area contributed by atoms with Crippen LogP contribution < -0.4 is 9.47 Å². The van der Waals surface area contributed by atoms with Crippen molar-refractivity contribution in [2.75, 3.05) is 27.3 Å². The van der Waals surface area contributed by atoms with Crippen molar-refractivity contribution in [3.63, 3.8) is 0 Å². The Hall–Kier alpha value is -3.06. The third-order valence-corrected chi connectivity index (χ3v) is 5.69. The summed E-state index contributed by atoms with van der Waals surface area (Å²) in [4.78, 5) is 6.85. The highest BCUT2D eigenvalue weighted by Gasteiger charge is 2.20. The van der Waals surface area contributed by atoms with Crippen molar-refractivity contribution in [3.8, 4) is 23.1 Å². The Kier molecular flexibility index (Phi) is 4.60. The van der Waals surface area contributed by atoms with Crippen LogP contribution in [0.2, 0.25) is 0 Å². The van der Waals surface area contributed by atoms with Crippen LogP contribution in [0.5, 0.6) is 11.6 Å². The van der Waals surface area contributed by atoms with E-state index in [0.717, 1.165) is 34.5 Å². The van der Waals surface area contributed by atoms with Gasteiger partial charge in [-0.1, -0.05) is 0 Å². The van der Waals surface area contributed by atoms with Gasteiger partial charge in [0.2, 0.25) is 5.88 Å². The van der Waals surface area contributed by atoms with Gasteiger partial charge in [-0.2, -0.15) is 0 Å². The van der Waals surface area contributed by atoms with Gasteiger partial charge in [0.05, 0.1) is 19.9 Å². The average Bonchev–Trinajstić information content (AvgIpc) is 3.45. The van der Waals surface area contributed by atoms with Crippen molar-refractivity contribution in [2.24, 2.45) is 0 Å². The summed E-state index contributed by atoms with van der Waals surface area (Å²) >= 11 is 0. The minimum atomic E-state index is 0.593. The monoisotopic (exact) mass is 392 g/mol. The van der Waals surface area contributed by atoms with Crippen molar-refractivity contribution in [3.05, 3.63) is 42.6 Å². The molecular formula is C22H24N4O3. The third-order valence-electron chi connectivity index (χ3n) is 5.69. The molecule has 29 heavy (non-hydrogen) atoms. The maximum absolute atomic E-state index is 6.04. The van der Waals surface area contributed by atoms with E-state index in [0.29, 0.717) is 24.3 Å². The van der Waals surface area contributed by atoms with Crippen molar-refractivity contribution >= 4 is 16.6 Å². The largest absolute Gasteiger partial charge is 0.497 e. The molecule has 0 N–H and O–H groups in total.